The van der Waals surface area contributed by atoms with Gasteiger partial charge in [0.1, 0.15) is 6.61 Å². The van der Waals surface area contributed by atoms with E-state index in [1.54, 1.807) is 7.05 Å². The van der Waals surface area contributed by atoms with E-state index in [4.69, 9.17) is 16.3 Å². The van der Waals surface area contributed by atoms with Gasteiger partial charge in [-0.2, -0.15) is 5.10 Å². The number of ether oxygens (including phenoxy) is 1. The Bertz CT molecular complexity index is 685. The molecule has 2 rings (SSSR count). The summed E-state index contributed by atoms with van der Waals surface area (Å²) in [6, 6.07) is 8.21. The van der Waals surface area contributed by atoms with E-state index in [0.717, 1.165) is 5.56 Å². The monoisotopic (exact) mass is 306 g/mol. The Hall–Kier alpha value is -1.81. The molecule has 0 N–H and O–H groups in total. The quantitative estimate of drug-likeness (QED) is 0.874. The van der Waals surface area contributed by atoms with Crippen molar-refractivity contribution in [2.45, 2.75) is 32.8 Å². The first-order valence-corrected chi connectivity index (χ1v) is 7.11. The molecule has 5 heteroatoms. The Balaban J connectivity index is 2.10. The molecule has 0 radical (unpaired) electrons. The highest BCUT2D eigenvalue weighted by molar-refractivity contribution is 6.31. The molecule has 0 fully saturated rings. The van der Waals surface area contributed by atoms with Gasteiger partial charge >= 0.3 is 0 Å². The van der Waals surface area contributed by atoms with Crippen LogP contribution in [0.25, 0.3) is 0 Å². The lowest BCUT2D eigenvalue weighted by atomic mass is 9.87. The number of hydrogen-bond donors (Lipinski definition) is 0. The predicted molar refractivity (Wildman–Crippen MR) is 84.0 cm³/mol. The third-order valence-corrected chi connectivity index (χ3v) is 3.61. The van der Waals surface area contributed by atoms with Gasteiger partial charge in [0, 0.05) is 7.05 Å². The SMILES string of the molecule is Cn1ncc(OCc2ccc(C(C)(C)C)cc2)c(Cl)c1=O. The van der Waals surface area contributed by atoms with E-state index in [1.807, 2.05) is 12.1 Å². The van der Waals surface area contributed by atoms with Crippen molar-refractivity contribution < 1.29 is 4.74 Å². The van der Waals surface area contributed by atoms with E-state index < -0.39 is 0 Å². The van der Waals surface area contributed by atoms with E-state index in [-0.39, 0.29) is 16.0 Å². The van der Waals surface area contributed by atoms with Crippen LogP contribution < -0.4 is 10.3 Å². The van der Waals surface area contributed by atoms with Gasteiger partial charge in [0.05, 0.1) is 6.20 Å². The highest BCUT2D eigenvalue weighted by Crippen LogP contribution is 2.23. The molecule has 112 valence electrons. The van der Waals surface area contributed by atoms with Crippen LogP contribution >= 0.6 is 11.6 Å². The zero-order valence-electron chi connectivity index (χ0n) is 12.7. The highest BCUT2D eigenvalue weighted by Gasteiger charge is 2.13. The smallest absolute Gasteiger partial charge is 0.289 e. The topological polar surface area (TPSA) is 44.1 Å². The second kappa shape index (κ2) is 5.90. The summed E-state index contributed by atoms with van der Waals surface area (Å²) in [7, 11) is 1.54. The molecule has 1 aromatic heterocycles. The average molecular weight is 307 g/mol. The molecular formula is C16H19ClN2O2. The van der Waals surface area contributed by atoms with E-state index in [0.29, 0.717) is 12.4 Å². The first kappa shape index (κ1) is 15.6. The number of hydrogen-bond acceptors (Lipinski definition) is 3. The number of aromatic nitrogens is 2. The molecule has 0 bridgehead atoms. The van der Waals surface area contributed by atoms with Crippen LogP contribution in [0.5, 0.6) is 5.75 Å². The molecule has 21 heavy (non-hydrogen) atoms. The molecule has 1 heterocycles. The number of aryl methyl sites for hydroxylation is 1. The van der Waals surface area contributed by atoms with Gasteiger partial charge in [-0.1, -0.05) is 56.6 Å². The van der Waals surface area contributed by atoms with Crippen LogP contribution in [0.1, 0.15) is 31.9 Å². The average Bonchev–Trinajstić information content (AvgIpc) is 2.43. The van der Waals surface area contributed by atoms with Gasteiger partial charge < -0.3 is 4.74 Å². The summed E-state index contributed by atoms with van der Waals surface area (Å²) < 4.78 is 6.75. The van der Waals surface area contributed by atoms with Crippen molar-refractivity contribution >= 4 is 11.6 Å². The minimum Gasteiger partial charge on any atom is -0.485 e. The van der Waals surface area contributed by atoms with Crippen molar-refractivity contribution in [3.63, 3.8) is 0 Å². The van der Waals surface area contributed by atoms with Crippen molar-refractivity contribution in [2.75, 3.05) is 0 Å². The highest BCUT2D eigenvalue weighted by atomic mass is 35.5. The van der Waals surface area contributed by atoms with Crippen LogP contribution in [0.2, 0.25) is 5.02 Å². The zero-order valence-corrected chi connectivity index (χ0v) is 13.4. The maximum Gasteiger partial charge on any atom is 0.289 e. The number of benzene rings is 1. The lowest BCUT2D eigenvalue weighted by molar-refractivity contribution is 0.302. The molecule has 0 amide bonds. The summed E-state index contributed by atoms with van der Waals surface area (Å²) in [6.07, 6.45) is 1.45. The Morgan fingerprint density at radius 3 is 2.43 bits per heavy atom. The van der Waals surface area contributed by atoms with Gasteiger partial charge in [0.2, 0.25) is 0 Å². The fourth-order valence-electron chi connectivity index (χ4n) is 1.86. The number of halogens is 1. The lowest BCUT2D eigenvalue weighted by Gasteiger charge is -2.19. The largest absolute Gasteiger partial charge is 0.485 e. The minimum atomic E-state index is -0.364. The van der Waals surface area contributed by atoms with Crippen LogP contribution in [-0.2, 0) is 19.1 Å². The van der Waals surface area contributed by atoms with Crippen LogP contribution in [0, 0.1) is 0 Å². The Labute approximate surface area is 129 Å². The van der Waals surface area contributed by atoms with Gasteiger partial charge in [-0.3, -0.25) is 4.79 Å². The molecule has 2 aromatic rings. The molecule has 4 nitrogen and oxygen atoms in total. The Morgan fingerprint density at radius 1 is 1.24 bits per heavy atom. The predicted octanol–water partition coefficient (Wildman–Crippen LogP) is 3.31. The van der Waals surface area contributed by atoms with Crippen molar-refractivity contribution in [1.82, 2.24) is 9.78 Å². The molecule has 1 aromatic carbocycles. The van der Waals surface area contributed by atoms with E-state index in [2.05, 4.69) is 38.0 Å². The molecule has 0 saturated heterocycles. The molecule has 0 spiro atoms. The summed E-state index contributed by atoms with van der Waals surface area (Å²) in [4.78, 5) is 11.6. The molecule has 0 aliphatic carbocycles. The van der Waals surface area contributed by atoms with Crippen molar-refractivity contribution in [3.05, 3.63) is 57.0 Å². The van der Waals surface area contributed by atoms with Crippen LogP contribution in [0.3, 0.4) is 0 Å². The van der Waals surface area contributed by atoms with Crippen molar-refractivity contribution in [2.24, 2.45) is 7.05 Å². The molecule has 0 unspecified atom stereocenters. The van der Waals surface area contributed by atoms with E-state index >= 15 is 0 Å². The van der Waals surface area contributed by atoms with Gasteiger partial charge in [-0.25, -0.2) is 4.68 Å². The van der Waals surface area contributed by atoms with Crippen LogP contribution in [0.4, 0.5) is 0 Å². The summed E-state index contributed by atoms with van der Waals surface area (Å²) in [5, 5.41) is 3.95. The van der Waals surface area contributed by atoms with Crippen LogP contribution in [0.15, 0.2) is 35.3 Å². The second-order valence-corrected chi connectivity index (χ2v) is 6.37. The number of rotatable bonds is 3. The summed E-state index contributed by atoms with van der Waals surface area (Å²) in [5.41, 5.74) is 2.04. The Kier molecular flexibility index (Phi) is 4.37. The van der Waals surface area contributed by atoms with Crippen LogP contribution in [-0.4, -0.2) is 9.78 Å². The van der Waals surface area contributed by atoms with Gasteiger partial charge in [0.25, 0.3) is 5.56 Å². The standard InChI is InChI=1S/C16H19ClN2O2/c1-16(2,3)12-7-5-11(6-8-12)10-21-13-9-18-19(4)15(20)14(13)17/h5-9H,10H2,1-4H3. The third-order valence-electron chi connectivity index (χ3n) is 3.26. The summed E-state index contributed by atoms with van der Waals surface area (Å²) in [5.74, 6) is 0.305. The molecular weight excluding hydrogens is 288 g/mol. The molecule has 0 atom stereocenters. The molecule has 0 saturated carbocycles. The van der Waals surface area contributed by atoms with Gasteiger partial charge in [-0.15, -0.1) is 0 Å². The fraction of sp³-hybridized carbons (Fsp3) is 0.375. The van der Waals surface area contributed by atoms with Crippen molar-refractivity contribution in [3.8, 4) is 5.75 Å². The Morgan fingerprint density at radius 2 is 1.86 bits per heavy atom. The summed E-state index contributed by atoms with van der Waals surface area (Å²) in [6.45, 7) is 6.86. The minimum absolute atomic E-state index is 0.0545. The normalized spacial score (nSPS) is 11.5. The number of nitrogens with zero attached hydrogens (tertiary/aromatic N) is 2. The maximum absolute atomic E-state index is 11.6. The lowest BCUT2D eigenvalue weighted by Crippen LogP contribution is -2.20. The van der Waals surface area contributed by atoms with Gasteiger partial charge in [-0.05, 0) is 16.5 Å². The summed E-state index contributed by atoms with van der Waals surface area (Å²) >= 11 is 5.95. The third kappa shape index (κ3) is 3.64. The first-order chi connectivity index (χ1) is 9.79. The van der Waals surface area contributed by atoms with Crippen molar-refractivity contribution in [1.29, 1.82) is 0 Å². The zero-order chi connectivity index (χ0) is 15.6. The second-order valence-electron chi connectivity index (χ2n) is 5.99. The van der Waals surface area contributed by atoms with E-state index in [9.17, 15) is 4.79 Å². The van der Waals surface area contributed by atoms with Gasteiger partial charge in [0.15, 0.2) is 10.8 Å². The maximum atomic E-state index is 11.6. The fourth-order valence-corrected chi connectivity index (χ4v) is 2.08. The molecule has 0 aliphatic heterocycles. The van der Waals surface area contributed by atoms with E-state index in [1.165, 1.54) is 16.4 Å². The first-order valence-electron chi connectivity index (χ1n) is 6.73. The molecule has 0 aliphatic rings.